The molecule has 2 nitrogen and oxygen atoms in total. The molecular weight excluding hydrogens is 303 g/mol. The summed E-state index contributed by atoms with van der Waals surface area (Å²) in [5.74, 6) is -0.252. The van der Waals surface area contributed by atoms with Crippen molar-refractivity contribution in [1.82, 2.24) is 10.3 Å². The molecule has 0 aliphatic heterocycles. The molecule has 1 unspecified atom stereocenters. The molecule has 1 heterocycles. The van der Waals surface area contributed by atoms with Crippen molar-refractivity contribution in [3.63, 3.8) is 0 Å². The molecule has 90 valence electrons. The smallest absolute Gasteiger partial charge is 0.134 e. The first-order valence-corrected chi connectivity index (χ1v) is 6.88. The second-order valence-corrected chi connectivity index (χ2v) is 5.40. The number of benzene rings is 1. The van der Waals surface area contributed by atoms with Crippen LogP contribution in [0.4, 0.5) is 4.39 Å². The van der Waals surface area contributed by atoms with E-state index in [2.05, 4.69) is 26.2 Å². The van der Waals surface area contributed by atoms with Crippen LogP contribution >= 0.6 is 27.3 Å². The van der Waals surface area contributed by atoms with Gasteiger partial charge < -0.3 is 5.32 Å². The van der Waals surface area contributed by atoms with Gasteiger partial charge in [-0.15, -0.1) is 11.3 Å². The van der Waals surface area contributed by atoms with Crippen LogP contribution in [0, 0.1) is 5.82 Å². The number of thiazole rings is 1. The van der Waals surface area contributed by atoms with Crippen molar-refractivity contribution in [3.05, 3.63) is 39.6 Å². The van der Waals surface area contributed by atoms with Gasteiger partial charge in [0.2, 0.25) is 0 Å². The molecule has 5 heteroatoms. The summed E-state index contributed by atoms with van der Waals surface area (Å²) in [5.41, 5.74) is 1.47. The van der Waals surface area contributed by atoms with Gasteiger partial charge in [-0.3, -0.25) is 0 Å². The van der Waals surface area contributed by atoms with E-state index >= 15 is 0 Å². The largest absolute Gasteiger partial charge is 0.312 e. The van der Waals surface area contributed by atoms with Gasteiger partial charge in [-0.1, -0.05) is 6.07 Å². The van der Waals surface area contributed by atoms with Gasteiger partial charge in [0.25, 0.3) is 0 Å². The van der Waals surface area contributed by atoms with Crippen molar-refractivity contribution in [1.29, 1.82) is 0 Å². The van der Waals surface area contributed by atoms with E-state index in [9.17, 15) is 4.39 Å². The molecule has 0 spiro atoms. The maximum absolute atomic E-state index is 13.7. The summed E-state index contributed by atoms with van der Waals surface area (Å²) in [5, 5.41) is 5.77. The van der Waals surface area contributed by atoms with Crippen molar-refractivity contribution in [2.75, 3.05) is 7.05 Å². The highest BCUT2D eigenvalue weighted by molar-refractivity contribution is 9.10. The van der Waals surface area contributed by atoms with Crippen LogP contribution in [0.3, 0.4) is 0 Å². The van der Waals surface area contributed by atoms with E-state index in [0.29, 0.717) is 10.6 Å². The van der Waals surface area contributed by atoms with Crippen molar-refractivity contribution in [3.8, 4) is 10.6 Å². The Balaban J connectivity index is 2.44. The molecule has 0 fully saturated rings. The number of rotatable bonds is 3. The zero-order chi connectivity index (χ0) is 12.4. The Bertz CT molecular complexity index is 507. The molecule has 0 aliphatic rings. The third-order valence-corrected chi connectivity index (χ3v) is 4.11. The number of aromatic nitrogens is 1. The molecule has 1 aromatic heterocycles. The third kappa shape index (κ3) is 2.56. The van der Waals surface area contributed by atoms with Gasteiger partial charge >= 0.3 is 0 Å². The lowest BCUT2D eigenvalue weighted by Crippen LogP contribution is -2.12. The van der Waals surface area contributed by atoms with Crippen LogP contribution in [-0.4, -0.2) is 12.0 Å². The van der Waals surface area contributed by atoms with Crippen molar-refractivity contribution in [2.24, 2.45) is 0 Å². The lowest BCUT2D eigenvalue weighted by Gasteiger charge is -2.05. The Morgan fingerprint density at radius 1 is 1.47 bits per heavy atom. The molecule has 0 radical (unpaired) electrons. The summed E-state index contributed by atoms with van der Waals surface area (Å²) >= 11 is 4.81. The van der Waals surface area contributed by atoms with Crippen LogP contribution in [0.1, 0.15) is 18.7 Å². The van der Waals surface area contributed by atoms with Gasteiger partial charge in [0.05, 0.1) is 11.3 Å². The quantitative estimate of drug-likeness (QED) is 0.926. The molecule has 0 bridgehead atoms. The number of nitrogens with one attached hydrogen (secondary N) is 1. The summed E-state index contributed by atoms with van der Waals surface area (Å²) in [6, 6.07) is 5.11. The van der Waals surface area contributed by atoms with Crippen LogP contribution in [0.2, 0.25) is 0 Å². The highest BCUT2D eigenvalue weighted by atomic mass is 79.9. The first kappa shape index (κ1) is 12.7. The van der Waals surface area contributed by atoms with Gasteiger partial charge in [-0.25, -0.2) is 9.37 Å². The molecular formula is C12H12BrFN2S. The second kappa shape index (κ2) is 5.25. The molecule has 2 rings (SSSR count). The van der Waals surface area contributed by atoms with Crippen molar-refractivity contribution in [2.45, 2.75) is 13.0 Å². The molecule has 17 heavy (non-hydrogen) atoms. The standard InChI is InChI=1S/C12H12BrFN2S/c1-7(15-2)10-6-17-12(16-10)11-8(13)4-3-5-9(11)14/h3-7,15H,1-2H3. The first-order chi connectivity index (χ1) is 8.13. The molecule has 0 saturated carbocycles. The SMILES string of the molecule is CNC(C)c1csc(-c2c(F)cccc2Br)n1. The summed E-state index contributed by atoms with van der Waals surface area (Å²) < 4.78 is 14.5. The molecule has 0 aliphatic carbocycles. The fraction of sp³-hybridized carbons (Fsp3) is 0.250. The highest BCUT2D eigenvalue weighted by Gasteiger charge is 2.14. The van der Waals surface area contributed by atoms with E-state index in [0.717, 1.165) is 10.2 Å². The Morgan fingerprint density at radius 2 is 2.24 bits per heavy atom. The van der Waals surface area contributed by atoms with E-state index in [1.165, 1.54) is 17.4 Å². The normalized spacial score (nSPS) is 12.7. The zero-order valence-corrected chi connectivity index (χ0v) is 11.9. The minimum Gasteiger partial charge on any atom is -0.312 e. The van der Waals surface area contributed by atoms with Crippen LogP contribution in [0.5, 0.6) is 0 Å². The Morgan fingerprint density at radius 3 is 2.88 bits per heavy atom. The maximum atomic E-state index is 13.7. The lowest BCUT2D eigenvalue weighted by molar-refractivity contribution is 0.627. The number of nitrogens with zero attached hydrogens (tertiary/aromatic N) is 1. The average Bonchev–Trinajstić information content (AvgIpc) is 2.77. The van der Waals surface area contributed by atoms with E-state index in [4.69, 9.17) is 0 Å². The summed E-state index contributed by atoms with van der Waals surface area (Å²) in [4.78, 5) is 4.46. The molecule has 1 atom stereocenters. The van der Waals surface area contributed by atoms with E-state index < -0.39 is 0 Å². The second-order valence-electron chi connectivity index (χ2n) is 3.68. The first-order valence-electron chi connectivity index (χ1n) is 5.20. The van der Waals surface area contributed by atoms with Crippen LogP contribution in [0.25, 0.3) is 10.6 Å². The minimum atomic E-state index is -0.252. The van der Waals surface area contributed by atoms with E-state index in [1.54, 1.807) is 6.07 Å². The Labute approximate surface area is 112 Å². The Hall–Kier alpha value is -0.780. The van der Waals surface area contributed by atoms with Crippen molar-refractivity contribution >= 4 is 27.3 Å². The number of halogens is 2. The fourth-order valence-corrected chi connectivity index (χ4v) is 3.08. The molecule has 1 N–H and O–H groups in total. The van der Waals surface area contributed by atoms with Gasteiger partial charge in [0, 0.05) is 15.9 Å². The fourth-order valence-electron chi connectivity index (χ4n) is 1.45. The van der Waals surface area contributed by atoms with E-state index in [-0.39, 0.29) is 11.9 Å². The van der Waals surface area contributed by atoms with E-state index in [1.807, 2.05) is 25.4 Å². The topological polar surface area (TPSA) is 24.9 Å². The minimum absolute atomic E-state index is 0.172. The van der Waals surface area contributed by atoms with Gasteiger partial charge in [0.15, 0.2) is 0 Å². The van der Waals surface area contributed by atoms with Crippen LogP contribution in [-0.2, 0) is 0 Å². The zero-order valence-electron chi connectivity index (χ0n) is 9.50. The Kier molecular flexibility index (Phi) is 3.91. The number of hydrogen-bond acceptors (Lipinski definition) is 3. The predicted molar refractivity (Wildman–Crippen MR) is 72.7 cm³/mol. The summed E-state index contributed by atoms with van der Waals surface area (Å²) in [6.07, 6.45) is 0. The highest BCUT2D eigenvalue weighted by Crippen LogP contribution is 2.33. The van der Waals surface area contributed by atoms with Gasteiger partial charge in [-0.05, 0) is 42.0 Å². The monoisotopic (exact) mass is 314 g/mol. The lowest BCUT2D eigenvalue weighted by atomic mass is 10.2. The molecule has 0 amide bonds. The van der Waals surface area contributed by atoms with Crippen molar-refractivity contribution < 1.29 is 4.39 Å². The molecule has 2 aromatic rings. The summed E-state index contributed by atoms with van der Waals surface area (Å²) in [6.45, 7) is 2.02. The third-order valence-electron chi connectivity index (χ3n) is 2.58. The van der Waals surface area contributed by atoms with Crippen LogP contribution in [0.15, 0.2) is 28.1 Å². The van der Waals surface area contributed by atoms with Gasteiger partial charge in [-0.2, -0.15) is 0 Å². The maximum Gasteiger partial charge on any atom is 0.134 e. The summed E-state index contributed by atoms with van der Waals surface area (Å²) in [7, 11) is 1.88. The van der Waals surface area contributed by atoms with Gasteiger partial charge in [0.1, 0.15) is 10.8 Å². The average molecular weight is 315 g/mol. The number of hydrogen-bond donors (Lipinski definition) is 1. The molecule has 0 saturated heterocycles. The molecule has 1 aromatic carbocycles. The predicted octanol–water partition coefficient (Wildman–Crippen LogP) is 3.99. The van der Waals surface area contributed by atoms with Crippen LogP contribution < -0.4 is 5.32 Å².